The molecule has 0 bridgehead atoms. The third-order valence-corrected chi connectivity index (χ3v) is 1.70. The van der Waals surface area contributed by atoms with Crippen LogP contribution in [0.2, 0.25) is 0 Å². The Hall–Kier alpha value is -1.16. The van der Waals surface area contributed by atoms with Crippen molar-refractivity contribution in [3.63, 3.8) is 0 Å². The number of aliphatic hydroxyl groups excluding tert-OH is 1. The lowest BCUT2D eigenvalue weighted by Gasteiger charge is -2.05. The lowest BCUT2D eigenvalue weighted by atomic mass is 10.1. The first-order valence-electron chi connectivity index (χ1n) is 3.49. The van der Waals surface area contributed by atoms with Gasteiger partial charge in [-0.15, -0.1) is 0 Å². The fourth-order valence-electron chi connectivity index (χ4n) is 0.893. The van der Waals surface area contributed by atoms with Crippen LogP contribution in [0.15, 0.2) is 6.20 Å². The summed E-state index contributed by atoms with van der Waals surface area (Å²) in [5.41, 5.74) is 0.859. The quantitative estimate of drug-likeness (QED) is 0.722. The molecule has 1 aromatic rings. The van der Waals surface area contributed by atoms with E-state index in [1.54, 1.807) is 6.92 Å². The SMILES string of the molecule is COc1ncc(CO)c(C)c1F. The molecule has 0 saturated carbocycles. The Morgan fingerprint density at radius 3 is 2.83 bits per heavy atom. The second kappa shape index (κ2) is 3.49. The molecule has 0 fully saturated rings. The van der Waals surface area contributed by atoms with Gasteiger partial charge >= 0.3 is 0 Å². The zero-order valence-electron chi connectivity index (χ0n) is 6.97. The first-order chi connectivity index (χ1) is 5.70. The summed E-state index contributed by atoms with van der Waals surface area (Å²) in [5.74, 6) is -0.547. The first kappa shape index (κ1) is 8.93. The summed E-state index contributed by atoms with van der Waals surface area (Å²) in [7, 11) is 1.35. The average Bonchev–Trinajstić information content (AvgIpc) is 2.10. The van der Waals surface area contributed by atoms with Crippen molar-refractivity contribution >= 4 is 0 Å². The van der Waals surface area contributed by atoms with E-state index < -0.39 is 5.82 Å². The van der Waals surface area contributed by atoms with Gasteiger partial charge < -0.3 is 9.84 Å². The van der Waals surface area contributed by atoms with E-state index in [-0.39, 0.29) is 12.5 Å². The fourth-order valence-corrected chi connectivity index (χ4v) is 0.893. The monoisotopic (exact) mass is 171 g/mol. The number of hydrogen-bond donors (Lipinski definition) is 1. The second-order valence-electron chi connectivity index (χ2n) is 2.39. The first-order valence-corrected chi connectivity index (χ1v) is 3.49. The molecule has 3 nitrogen and oxygen atoms in total. The highest BCUT2D eigenvalue weighted by molar-refractivity contribution is 5.29. The number of nitrogens with zero attached hydrogens (tertiary/aromatic N) is 1. The minimum absolute atomic E-state index is 0.0373. The van der Waals surface area contributed by atoms with Crippen LogP contribution < -0.4 is 4.74 Å². The highest BCUT2D eigenvalue weighted by Crippen LogP contribution is 2.19. The maximum absolute atomic E-state index is 13.2. The zero-order valence-corrected chi connectivity index (χ0v) is 6.97. The van der Waals surface area contributed by atoms with Crippen molar-refractivity contribution in [2.24, 2.45) is 0 Å². The topological polar surface area (TPSA) is 42.4 Å². The van der Waals surface area contributed by atoms with Crippen LogP contribution in [-0.2, 0) is 6.61 Å². The standard InChI is InChI=1S/C8H10FNO2/c1-5-6(4-11)3-10-8(12-2)7(5)9/h3,11H,4H2,1-2H3. The van der Waals surface area contributed by atoms with E-state index in [0.29, 0.717) is 11.1 Å². The largest absolute Gasteiger partial charge is 0.479 e. The van der Waals surface area contributed by atoms with Crippen molar-refractivity contribution in [3.8, 4) is 5.88 Å². The minimum atomic E-state index is -0.510. The van der Waals surface area contributed by atoms with E-state index in [9.17, 15) is 4.39 Å². The number of rotatable bonds is 2. The molecule has 0 amide bonds. The van der Waals surface area contributed by atoms with Gasteiger partial charge in [0.1, 0.15) is 0 Å². The minimum Gasteiger partial charge on any atom is -0.479 e. The van der Waals surface area contributed by atoms with E-state index in [1.165, 1.54) is 13.3 Å². The van der Waals surface area contributed by atoms with Gasteiger partial charge in [-0.25, -0.2) is 9.37 Å². The highest BCUT2D eigenvalue weighted by atomic mass is 19.1. The summed E-state index contributed by atoms with van der Waals surface area (Å²) in [6.07, 6.45) is 1.40. The predicted octanol–water partition coefficient (Wildman–Crippen LogP) is 1.03. The van der Waals surface area contributed by atoms with Gasteiger partial charge in [0.05, 0.1) is 13.7 Å². The normalized spacial score (nSPS) is 10.0. The summed E-state index contributed by atoms with van der Waals surface area (Å²) < 4.78 is 17.8. The molecule has 0 aliphatic heterocycles. The van der Waals surface area contributed by atoms with Gasteiger partial charge in [-0.3, -0.25) is 0 Å². The molecule has 66 valence electrons. The molecule has 0 atom stereocenters. The molecule has 1 heterocycles. The van der Waals surface area contributed by atoms with E-state index in [0.717, 1.165) is 0 Å². The maximum Gasteiger partial charge on any atom is 0.250 e. The number of aliphatic hydroxyl groups is 1. The van der Waals surface area contributed by atoms with Crippen LogP contribution in [0.3, 0.4) is 0 Å². The summed E-state index contributed by atoms with van der Waals surface area (Å²) >= 11 is 0. The lowest BCUT2D eigenvalue weighted by molar-refractivity contribution is 0.278. The van der Waals surface area contributed by atoms with Crippen LogP contribution in [0.4, 0.5) is 4.39 Å². The van der Waals surface area contributed by atoms with Crippen LogP contribution in [-0.4, -0.2) is 17.2 Å². The number of pyridine rings is 1. The van der Waals surface area contributed by atoms with Gasteiger partial charge in [0, 0.05) is 11.8 Å². The molecule has 0 aliphatic rings. The number of hydrogen-bond acceptors (Lipinski definition) is 3. The molecule has 4 heteroatoms. The molecule has 0 radical (unpaired) electrons. The fraction of sp³-hybridized carbons (Fsp3) is 0.375. The molecule has 0 aliphatic carbocycles. The van der Waals surface area contributed by atoms with Crippen molar-refractivity contribution in [1.82, 2.24) is 4.98 Å². The van der Waals surface area contributed by atoms with E-state index in [2.05, 4.69) is 9.72 Å². The van der Waals surface area contributed by atoms with Gasteiger partial charge in [-0.1, -0.05) is 0 Å². The molecule has 1 N–H and O–H groups in total. The summed E-state index contributed by atoms with van der Waals surface area (Å²) in [5, 5.41) is 8.76. The Kier molecular flexibility index (Phi) is 2.60. The molecule has 1 aromatic heterocycles. The summed E-state index contributed by atoms with van der Waals surface area (Å²) in [6.45, 7) is 1.37. The van der Waals surface area contributed by atoms with Crippen LogP contribution in [0.25, 0.3) is 0 Å². The van der Waals surface area contributed by atoms with Gasteiger partial charge in [0.25, 0.3) is 0 Å². The smallest absolute Gasteiger partial charge is 0.250 e. The molecule has 1 rings (SSSR count). The van der Waals surface area contributed by atoms with E-state index in [1.807, 2.05) is 0 Å². The number of aromatic nitrogens is 1. The van der Waals surface area contributed by atoms with Crippen LogP contribution >= 0.6 is 0 Å². The third kappa shape index (κ3) is 1.38. The average molecular weight is 171 g/mol. The molecular weight excluding hydrogens is 161 g/mol. The van der Waals surface area contributed by atoms with Crippen LogP contribution in [0, 0.1) is 12.7 Å². The number of ether oxygens (including phenoxy) is 1. The summed E-state index contributed by atoms with van der Waals surface area (Å²) in [6, 6.07) is 0. The van der Waals surface area contributed by atoms with Gasteiger partial charge in [0.15, 0.2) is 5.82 Å². The van der Waals surface area contributed by atoms with Crippen molar-refractivity contribution in [2.75, 3.05) is 7.11 Å². The van der Waals surface area contributed by atoms with Gasteiger partial charge in [-0.2, -0.15) is 0 Å². The Morgan fingerprint density at radius 2 is 2.33 bits per heavy atom. The lowest BCUT2D eigenvalue weighted by Crippen LogP contribution is -1.99. The predicted molar refractivity (Wildman–Crippen MR) is 41.4 cm³/mol. The van der Waals surface area contributed by atoms with E-state index >= 15 is 0 Å². The molecule has 0 unspecified atom stereocenters. The molecule has 0 spiro atoms. The second-order valence-corrected chi connectivity index (χ2v) is 2.39. The van der Waals surface area contributed by atoms with Crippen molar-refractivity contribution < 1.29 is 14.2 Å². The van der Waals surface area contributed by atoms with Crippen LogP contribution in [0.5, 0.6) is 5.88 Å². The Morgan fingerprint density at radius 1 is 1.67 bits per heavy atom. The molecule has 12 heavy (non-hydrogen) atoms. The van der Waals surface area contributed by atoms with E-state index in [4.69, 9.17) is 5.11 Å². The highest BCUT2D eigenvalue weighted by Gasteiger charge is 2.10. The van der Waals surface area contributed by atoms with Crippen molar-refractivity contribution in [3.05, 3.63) is 23.1 Å². The maximum atomic E-state index is 13.2. The van der Waals surface area contributed by atoms with Crippen molar-refractivity contribution in [1.29, 1.82) is 0 Å². The molecule has 0 saturated heterocycles. The summed E-state index contributed by atoms with van der Waals surface area (Å²) in [4.78, 5) is 3.67. The zero-order chi connectivity index (χ0) is 9.14. The Labute approximate surface area is 69.8 Å². The van der Waals surface area contributed by atoms with Crippen molar-refractivity contribution in [2.45, 2.75) is 13.5 Å². The van der Waals surface area contributed by atoms with Crippen LogP contribution in [0.1, 0.15) is 11.1 Å². The van der Waals surface area contributed by atoms with Gasteiger partial charge in [0.2, 0.25) is 5.88 Å². The Balaban J connectivity index is 3.20. The molecule has 0 aromatic carbocycles. The van der Waals surface area contributed by atoms with Gasteiger partial charge in [-0.05, 0) is 12.5 Å². The Bertz CT molecular complexity index is 260. The number of methoxy groups -OCH3 is 1. The third-order valence-electron chi connectivity index (χ3n) is 1.70. The molecular formula is C8H10FNO2. The number of halogens is 1.